The van der Waals surface area contributed by atoms with Gasteiger partial charge >= 0.3 is 0 Å². The molecule has 0 radical (unpaired) electrons. The lowest BCUT2D eigenvalue weighted by atomic mass is 10.2. The molecule has 2 aromatic carbocycles. The Kier molecular flexibility index (Phi) is 4.36. The zero-order valence-corrected chi connectivity index (χ0v) is 11.6. The van der Waals surface area contributed by atoms with Crippen LogP contribution in [-0.4, -0.2) is 25.9 Å². The van der Waals surface area contributed by atoms with Crippen LogP contribution >= 0.6 is 0 Å². The summed E-state index contributed by atoms with van der Waals surface area (Å²) in [4.78, 5) is 0. The molecule has 0 N–H and O–H groups in total. The molecule has 110 valence electrons. The Labute approximate surface area is 123 Å². The minimum Gasteiger partial charge on any atom is -0.493 e. The Morgan fingerprint density at radius 3 is 2.19 bits per heavy atom. The van der Waals surface area contributed by atoms with Crippen LogP contribution in [0.25, 0.3) is 0 Å². The van der Waals surface area contributed by atoms with Gasteiger partial charge in [0.05, 0.1) is 13.2 Å². The molecule has 0 bridgehead atoms. The average Bonchev–Trinajstić information content (AvgIpc) is 3.33. The Bertz CT molecular complexity index is 562. The summed E-state index contributed by atoms with van der Waals surface area (Å²) < 4.78 is 29.1. The quantitative estimate of drug-likeness (QED) is 0.733. The van der Waals surface area contributed by atoms with Gasteiger partial charge in [0.15, 0.2) is 0 Å². The van der Waals surface area contributed by atoms with Crippen LogP contribution < -0.4 is 9.47 Å². The second-order valence-electron chi connectivity index (χ2n) is 4.96. The molecule has 1 atom stereocenters. The first-order valence-corrected chi connectivity index (χ1v) is 7.01. The largest absolute Gasteiger partial charge is 0.493 e. The summed E-state index contributed by atoms with van der Waals surface area (Å²) in [6.45, 7) is 1.96. The van der Waals surface area contributed by atoms with Gasteiger partial charge in [-0.1, -0.05) is 12.1 Å². The van der Waals surface area contributed by atoms with E-state index in [0.717, 1.165) is 30.1 Å². The van der Waals surface area contributed by atoms with Crippen molar-refractivity contribution in [2.45, 2.75) is 12.5 Å². The second kappa shape index (κ2) is 6.59. The van der Waals surface area contributed by atoms with Gasteiger partial charge in [-0.2, -0.15) is 0 Å². The number of rotatable bonds is 7. The Balaban J connectivity index is 1.43. The summed E-state index contributed by atoms with van der Waals surface area (Å²) >= 11 is 0. The van der Waals surface area contributed by atoms with E-state index in [1.165, 1.54) is 12.1 Å². The molecule has 2 aromatic rings. The van der Waals surface area contributed by atoms with Crippen molar-refractivity contribution < 1.29 is 18.6 Å². The normalized spacial score (nSPS) is 16.5. The van der Waals surface area contributed by atoms with E-state index in [0.29, 0.717) is 13.2 Å². The van der Waals surface area contributed by atoms with Gasteiger partial charge in [-0.3, -0.25) is 0 Å². The van der Waals surface area contributed by atoms with Gasteiger partial charge < -0.3 is 14.2 Å². The summed E-state index contributed by atoms with van der Waals surface area (Å²) in [6.07, 6.45) is 1.01. The molecule has 1 unspecified atom stereocenters. The predicted octanol–water partition coefficient (Wildman–Crippen LogP) is 3.22. The second-order valence-corrected chi connectivity index (χ2v) is 4.96. The molecule has 0 aromatic heterocycles. The highest BCUT2D eigenvalue weighted by molar-refractivity contribution is 5.31. The van der Waals surface area contributed by atoms with Crippen molar-refractivity contribution in [3.8, 4) is 11.5 Å². The van der Waals surface area contributed by atoms with E-state index in [1.54, 1.807) is 12.1 Å². The monoisotopic (exact) mass is 288 g/mol. The number of epoxide rings is 1. The fourth-order valence-corrected chi connectivity index (χ4v) is 1.92. The number of ether oxygens (including phenoxy) is 3. The molecule has 3 rings (SSSR count). The molecule has 3 nitrogen and oxygen atoms in total. The third-order valence-corrected chi connectivity index (χ3v) is 3.23. The van der Waals surface area contributed by atoms with Crippen molar-refractivity contribution in [2.75, 3.05) is 19.8 Å². The van der Waals surface area contributed by atoms with Crippen molar-refractivity contribution in [3.05, 3.63) is 59.9 Å². The molecule has 0 amide bonds. The highest BCUT2D eigenvalue weighted by atomic mass is 19.1. The topological polar surface area (TPSA) is 31.0 Å². The fourth-order valence-electron chi connectivity index (χ4n) is 1.92. The molecule has 1 heterocycles. The zero-order chi connectivity index (χ0) is 14.5. The van der Waals surface area contributed by atoms with Crippen LogP contribution in [0.2, 0.25) is 0 Å². The van der Waals surface area contributed by atoms with Gasteiger partial charge in [0.1, 0.15) is 30.0 Å². The van der Waals surface area contributed by atoms with Crippen LogP contribution in [-0.2, 0) is 11.2 Å². The lowest BCUT2D eigenvalue weighted by Crippen LogP contribution is -2.04. The molecule has 0 saturated carbocycles. The SMILES string of the molecule is Fc1ccc(CCOc2ccc(OCC3CO3)cc2)cc1. The first-order valence-electron chi connectivity index (χ1n) is 7.01. The predicted molar refractivity (Wildman–Crippen MR) is 77.3 cm³/mol. The maximum Gasteiger partial charge on any atom is 0.123 e. The summed E-state index contributed by atoms with van der Waals surface area (Å²) in [6, 6.07) is 14.0. The summed E-state index contributed by atoms with van der Waals surface area (Å²) in [7, 11) is 0. The van der Waals surface area contributed by atoms with Crippen molar-refractivity contribution in [3.63, 3.8) is 0 Å². The molecule has 4 heteroatoms. The molecule has 1 aliphatic heterocycles. The zero-order valence-electron chi connectivity index (χ0n) is 11.6. The van der Waals surface area contributed by atoms with Crippen LogP contribution in [0.5, 0.6) is 11.5 Å². The third-order valence-electron chi connectivity index (χ3n) is 3.23. The number of halogens is 1. The van der Waals surface area contributed by atoms with Gasteiger partial charge in [0.25, 0.3) is 0 Å². The van der Waals surface area contributed by atoms with Gasteiger partial charge in [-0.05, 0) is 42.0 Å². The van der Waals surface area contributed by atoms with Crippen molar-refractivity contribution in [1.29, 1.82) is 0 Å². The summed E-state index contributed by atoms with van der Waals surface area (Å²) in [5.74, 6) is 1.40. The van der Waals surface area contributed by atoms with E-state index in [1.807, 2.05) is 24.3 Å². The van der Waals surface area contributed by atoms with Crippen LogP contribution in [0.3, 0.4) is 0 Å². The molecule has 21 heavy (non-hydrogen) atoms. The molecule has 0 spiro atoms. The van der Waals surface area contributed by atoms with Crippen molar-refractivity contribution in [2.24, 2.45) is 0 Å². The first kappa shape index (κ1) is 13.9. The Morgan fingerprint density at radius 1 is 0.952 bits per heavy atom. The number of hydrogen-bond donors (Lipinski definition) is 0. The molecule has 1 fully saturated rings. The van der Waals surface area contributed by atoms with E-state index in [9.17, 15) is 4.39 Å². The van der Waals surface area contributed by atoms with Crippen LogP contribution in [0.1, 0.15) is 5.56 Å². The molecule has 1 aliphatic rings. The molecule has 0 aliphatic carbocycles. The average molecular weight is 288 g/mol. The molecular weight excluding hydrogens is 271 g/mol. The van der Waals surface area contributed by atoms with Gasteiger partial charge in [0, 0.05) is 6.42 Å². The fraction of sp³-hybridized carbons (Fsp3) is 0.294. The van der Waals surface area contributed by atoms with Crippen LogP contribution in [0.4, 0.5) is 4.39 Å². The van der Waals surface area contributed by atoms with E-state index in [2.05, 4.69) is 0 Å². The van der Waals surface area contributed by atoms with Crippen LogP contribution in [0.15, 0.2) is 48.5 Å². The van der Waals surface area contributed by atoms with Gasteiger partial charge in [-0.15, -0.1) is 0 Å². The van der Waals surface area contributed by atoms with Crippen molar-refractivity contribution >= 4 is 0 Å². The maximum absolute atomic E-state index is 12.8. The molecular formula is C17H17FO3. The number of benzene rings is 2. The lowest BCUT2D eigenvalue weighted by molar-refractivity contribution is 0.262. The van der Waals surface area contributed by atoms with E-state index >= 15 is 0 Å². The Morgan fingerprint density at radius 2 is 1.57 bits per heavy atom. The summed E-state index contributed by atoms with van der Waals surface area (Å²) in [5.41, 5.74) is 1.06. The van der Waals surface area contributed by atoms with Crippen LogP contribution in [0, 0.1) is 5.82 Å². The summed E-state index contributed by atoms with van der Waals surface area (Å²) in [5, 5.41) is 0. The lowest BCUT2D eigenvalue weighted by Gasteiger charge is -2.08. The number of hydrogen-bond acceptors (Lipinski definition) is 3. The highest BCUT2D eigenvalue weighted by Gasteiger charge is 2.22. The van der Waals surface area contributed by atoms with E-state index in [-0.39, 0.29) is 11.9 Å². The Hall–Kier alpha value is -2.07. The minimum absolute atomic E-state index is 0.216. The maximum atomic E-state index is 12.8. The molecule has 1 saturated heterocycles. The highest BCUT2D eigenvalue weighted by Crippen LogP contribution is 2.19. The van der Waals surface area contributed by atoms with Crippen molar-refractivity contribution in [1.82, 2.24) is 0 Å². The standard InChI is InChI=1S/C17H17FO3/c18-14-3-1-13(2-4-14)9-10-19-15-5-7-16(8-6-15)20-11-17-12-21-17/h1-8,17H,9-12H2. The van der Waals surface area contributed by atoms with E-state index < -0.39 is 0 Å². The first-order chi connectivity index (χ1) is 10.3. The minimum atomic E-state index is -0.216. The third kappa shape index (κ3) is 4.46. The smallest absolute Gasteiger partial charge is 0.123 e. The van der Waals surface area contributed by atoms with Gasteiger partial charge in [-0.25, -0.2) is 4.39 Å². The van der Waals surface area contributed by atoms with Gasteiger partial charge in [0.2, 0.25) is 0 Å². The van der Waals surface area contributed by atoms with E-state index in [4.69, 9.17) is 14.2 Å².